The summed E-state index contributed by atoms with van der Waals surface area (Å²) in [7, 11) is 0. The summed E-state index contributed by atoms with van der Waals surface area (Å²) in [6.07, 6.45) is 4.99. The first-order valence-corrected chi connectivity index (χ1v) is 5.04. The summed E-state index contributed by atoms with van der Waals surface area (Å²) in [6, 6.07) is 0. The molecule has 0 radical (unpaired) electrons. The molecule has 72 valence electrons. The van der Waals surface area contributed by atoms with Gasteiger partial charge in [-0.3, -0.25) is 4.79 Å². The van der Waals surface area contributed by atoms with E-state index in [1.807, 2.05) is 6.08 Å². The molecule has 3 aliphatic rings. The molecular formula is C11H16O2. The number of hydrogen-bond acceptors (Lipinski definition) is 2. The van der Waals surface area contributed by atoms with Crippen LogP contribution in [-0.2, 0) is 4.79 Å². The molecule has 3 saturated carbocycles. The molecule has 0 aliphatic heterocycles. The van der Waals surface area contributed by atoms with E-state index >= 15 is 0 Å². The van der Waals surface area contributed by atoms with E-state index in [9.17, 15) is 9.90 Å². The van der Waals surface area contributed by atoms with Gasteiger partial charge in [-0.1, -0.05) is 6.08 Å². The van der Waals surface area contributed by atoms with Crippen molar-refractivity contribution in [1.29, 1.82) is 0 Å². The van der Waals surface area contributed by atoms with E-state index in [4.69, 9.17) is 0 Å². The lowest BCUT2D eigenvalue weighted by molar-refractivity contribution is -0.140. The Morgan fingerprint density at radius 3 is 2.85 bits per heavy atom. The molecule has 0 saturated heterocycles. The quantitative estimate of drug-likeness (QED) is 0.654. The first-order chi connectivity index (χ1) is 6.22. The van der Waals surface area contributed by atoms with Crippen LogP contribution in [-0.4, -0.2) is 17.0 Å². The second kappa shape index (κ2) is 3.26. The maximum absolute atomic E-state index is 11.4. The van der Waals surface area contributed by atoms with Gasteiger partial charge in [0.15, 0.2) is 0 Å². The summed E-state index contributed by atoms with van der Waals surface area (Å²) >= 11 is 0. The van der Waals surface area contributed by atoms with Gasteiger partial charge >= 0.3 is 0 Å². The van der Waals surface area contributed by atoms with Gasteiger partial charge in [0.2, 0.25) is 0 Å². The Hall–Kier alpha value is -0.630. The predicted octanol–water partition coefficient (Wildman–Crippen LogP) is 1.54. The third-order valence-electron chi connectivity index (χ3n) is 3.58. The number of hydrogen-bond donors (Lipinski definition) is 1. The van der Waals surface area contributed by atoms with Crippen LogP contribution >= 0.6 is 0 Å². The molecule has 0 amide bonds. The van der Waals surface area contributed by atoms with E-state index in [0.29, 0.717) is 18.3 Å². The minimum Gasteiger partial charge on any atom is -0.392 e. The minimum atomic E-state index is -0.354. The summed E-state index contributed by atoms with van der Waals surface area (Å²) in [5, 5.41) is 9.61. The van der Waals surface area contributed by atoms with Crippen molar-refractivity contribution in [2.75, 3.05) is 0 Å². The fraction of sp³-hybridized carbons (Fsp3) is 0.727. The van der Waals surface area contributed by atoms with Gasteiger partial charge in [-0.15, -0.1) is 6.58 Å². The van der Waals surface area contributed by atoms with Gasteiger partial charge in [0.05, 0.1) is 6.10 Å². The van der Waals surface area contributed by atoms with E-state index in [1.54, 1.807) is 0 Å². The van der Waals surface area contributed by atoms with Crippen molar-refractivity contribution < 1.29 is 9.90 Å². The fourth-order valence-electron chi connectivity index (χ4n) is 2.85. The average molecular weight is 180 g/mol. The van der Waals surface area contributed by atoms with Crippen molar-refractivity contribution in [3.05, 3.63) is 12.7 Å². The standard InChI is InChI=1S/C11H16O2/c1-2-3-7-4-9-10(12)5-8(7)6-11(9)13/h2,7-10,12H,1,3-6H2. The number of fused-ring (bicyclic) bond motifs is 3. The molecule has 3 rings (SSSR count). The predicted molar refractivity (Wildman–Crippen MR) is 50.1 cm³/mol. The van der Waals surface area contributed by atoms with Gasteiger partial charge < -0.3 is 5.11 Å². The number of ketones is 1. The highest BCUT2D eigenvalue weighted by Crippen LogP contribution is 2.44. The minimum absolute atomic E-state index is 0.0602. The van der Waals surface area contributed by atoms with E-state index < -0.39 is 0 Å². The van der Waals surface area contributed by atoms with Crippen molar-refractivity contribution in [2.45, 2.75) is 31.8 Å². The van der Waals surface area contributed by atoms with Crippen LogP contribution in [0.25, 0.3) is 0 Å². The van der Waals surface area contributed by atoms with E-state index in [1.165, 1.54) is 0 Å². The van der Waals surface area contributed by atoms with Gasteiger partial charge in [0.25, 0.3) is 0 Å². The molecule has 3 fully saturated rings. The van der Waals surface area contributed by atoms with E-state index in [0.717, 1.165) is 19.3 Å². The number of carbonyl (C=O) groups is 1. The summed E-state index contributed by atoms with van der Waals surface area (Å²) in [5.74, 6) is 1.24. The fourth-order valence-corrected chi connectivity index (χ4v) is 2.85. The Bertz CT molecular complexity index is 234. The maximum atomic E-state index is 11.4. The molecule has 3 aliphatic carbocycles. The van der Waals surface area contributed by atoms with Crippen LogP contribution < -0.4 is 0 Å². The smallest absolute Gasteiger partial charge is 0.138 e. The summed E-state index contributed by atoms with van der Waals surface area (Å²) < 4.78 is 0. The third kappa shape index (κ3) is 1.44. The third-order valence-corrected chi connectivity index (χ3v) is 3.58. The Kier molecular flexibility index (Phi) is 2.24. The Morgan fingerprint density at radius 1 is 1.54 bits per heavy atom. The Balaban J connectivity index is 2.10. The SMILES string of the molecule is C=CCC1CC2C(=O)CC1CC2O. The highest BCUT2D eigenvalue weighted by molar-refractivity contribution is 5.83. The maximum Gasteiger partial charge on any atom is 0.138 e. The number of aliphatic hydroxyl groups excluding tert-OH is 1. The van der Waals surface area contributed by atoms with Gasteiger partial charge in [0, 0.05) is 12.3 Å². The van der Waals surface area contributed by atoms with Gasteiger partial charge in [-0.05, 0) is 31.1 Å². The largest absolute Gasteiger partial charge is 0.392 e. The van der Waals surface area contributed by atoms with Crippen LogP contribution in [0.2, 0.25) is 0 Å². The first kappa shape index (κ1) is 8.95. The van der Waals surface area contributed by atoms with Crippen LogP contribution in [0.15, 0.2) is 12.7 Å². The molecule has 1 N–H and O–H groups in total. The number of rotatable bonds is 2. The number of allylic oxidation sites excluding steroid dienone is 1. The highest BCUT2D eigenvalue weighted by atomic mass is 16.3. The molecular weight excluding hydrogens is 164 g/mol. The van der Waals surface area contributed by atoms with Crippen molar-refractivity contribution in [2.24, 2.45) is 17.8 Å². The summed E-state index contributed by atoms with van der Waals surface area (Å²) in [5.41, 5.74) is 0. The molecule has 0 heterocycles. The van der Waals surface area contributed by atoms with E-state index in [2.05, 4.69) is 6.58 Å². The molecule has 2 heteroatoms. The molecule has 2 nitrogen and oxygen atoms in total. The van der Waals surface area contributed by atoms with Crippen LogP contribution in [0, 0.1) is 17.8 Å². The van der Waals surface area contributed by atoms with Crippen molar-refractivity contribution in [3.63, 3.8) is 0 Å². The molecule has 4 atom stereocenters. The van der Waals surface area contributed by atoms with Crippen molar-refractivity contribution in [1.82, 2.24) is 0 Å². The molecule has 13 heavy (non-hydrogen) atoms. The summed E-state index contributed by atoms with van der Waals surface area (Å²) in [4.78, 5) is 11.4. The molecule has 0 aromatic rings. The van der Waals surface area contributed by atoms with Crippen molar-refractivity contribution in [3.8, 4) is 0 Å². The Morgan fingerprint density at radius 2 is 2.31 bits per heavy atom. The van der Waals surface area contributed by atoms with Gasteiger partial charge in [-0.25, -0.2) is 0 Å². The molecule has 0 spiro atoms. The number of carbonyl (C=O) groups excluding carboxylic acids is 1. The zero-order valence-corrected chi connectivity index (χ0v) is 7.78. The molecule has 0 aromatic heterocycles. The van der Waals surface area contributed by atoms with Gasteiger partial charge in [0.1, 0.15) is 5.78 Å². The zero-order valence-electron chi connectivity index (χ0n) is 7.78. The second-order valence-electron chi connectivity index (χ2n) is 4.36. The zero-order chi connectivity index (χ0) is 9.42. The normalized spacial score (nSPS) is 43.6. The monoisotopic (exact) mass is 180 g/mol. The molecule has 4 unspecified atom stereocenters. The van der Waals surface area contributed by atoms with Crippen LogP contribution in [0.4, 0.5) is 0 Å². The Labute approximate surface area is 78.6 Å². The lowest BCUT2D eigenvalue weighted by Crippen LogP contribution is -2.46. The second-order valence-corrected chi connectivity index (χ2v) is 4.36. The van der Waals surface area contributed by atoms with Crippen LogP contribution in [0.5, 0.6) is 0 Å². The first-order valence-electron chi connectivity index (χ1n) is 5.04. The topological polar surface area (TPSA) is 37.3 Å². The number of aliphatic hydroxyl groups is 1. The lowest BCUT2D eigenvalue weighted by Gasteiger charge is -2.44. The summed E-state index contributed by atoms with van der Waals surface area (Å²) in [6.45, 7) is 3.73. The van der Waals surface area contributed by atoms with Crippen molar-refractivity contribution >= 4 is 5.78 Å². The van der Waals surface area contributed by atoms with Crippen LogP contribution in [0.1, 0.15) is 25.7 Å². The molecule has 2 bridgehead atoms. The average Bonchev–Trinajstić information content (AvgIpc) is 2.07. The lowest BCUT2D eigenvalue weighted by atomic mass is 9.62. The highest BCUT2D eigenvalue weighted by Gasteiger charge is 2.45. The van der Waals surface area contributed by atoms with Gasteiger partial charge in [-0.2, -0.15) is 0 Å². The van der Waals surface area contributed by atoms with E-state index in [-0.39, 0.29) is 17.8 Å². The number of Topliss-reactive ketones (excluding diaryl/α,β-unsaturated/α-hetero) is 1. The molecule has 0 aromatic carbocycles. The van der Waals surface area contributed by atoms with Crippen LogP contribution in [0.3, 0.4) is 0 Å².